The summed E-state index contributed by atoms with van der Waals surface area (Å²) >= 11 is 0. The van der Waals surface area contributed by atoms with Crippen LogP contribution < -0.4 is 11.1 Å². The first kappa shape index (κ1) is 16.4. The van der Waals surface area contributed by atoms with Gasteiger partial charge in [0.1, 0.15) is 0 Å². The van der Waals surface area contributed by atoms with Crippen LogP contribution in [0.5, 0.6) is 0 Å². The fourth-order valence-electron chi connectivity index (χ4n) is 1.99. The highest BCUT2D eigenvalue weighted by Crippen LogP contribution is 2.11. The molecule has 0 aromatic heterocycles. The Bertz CT molecular complexity index is 245. The van der Waals surface area contributed by atoms with E-state index in [1.165, 1.54) is 0 Å². The van der Waals surface area contributed by atoms with Gasteiger partial charge < -0.3 is 25.6 Å². The third-order valence-corrected chi connectivity index (χ3v) is 3.04. The molecule has 0 saturated carbocycles. The van der Waals surface area contributed by atoms with E-state index in [0.717, 1.165) is 38.8 Å². The number of aliphatic hydroxyl groups excluding tert-OH is 1. The van der Waals surface area contributed by atoms with Crippen molar-refractivity contribution in [3.05, 3.63) is 0 Å². The van der Waals surface area contributed by atoms with E-state index >= 15 is 0 Å². The second-order valence-corrected chi connectivity index (χ2v) is 4.95. The predicted octanol–water partition coefficient (Wildman–Crippen LogP) is -0.212. The Kier molecular flexibility index (Phi) is 8.73. The largest absolute Gasteiger partial charge is 0.389 e. The molecule has 1 fully saturated rings. The molecule has 2 unspecified atom stereocenters. The summed E-state index contributed by atoms with van der Waals surface area (Å²) in [5.41, 5.74) is 5.04. The minimum atomic E-state index is -0.502. The summed E-state index contributed by atoms with van der Waals surface area (Å²) in [6.07, 6.45) is 3.94. The van der Waals surface area contributed by atoms with Crippen LogP contribution in [-0.4, -0.2) is 56.1 Å². The zero-order valence-corrected chi connectivity index (χ0v) is 11.5. The molecule has 6 nitrogen and oxygen atoms in total. The number of unbranched alkanes of at least 4 members (excludes halogenated alkanes) is 1. The number of primary amides is 1. The molecular formula is C13H26N2O4. The number of carbonyl (C=O) groups excluding carboxylic acids is 1. The van der Waals surface area contributed by atoms with Gasteiger partial charge in [-0.3, -0.25) is 4.79 Å². The number of nitrogens with one attached hydrogen (secondary N) is 1. The molecule has 0 aliphatic carbocycles. The van der Waals surface area contributed by atoms with Crippen LogP contribution in [0.4, 0.5) is 0 Å². The molecule has 0 radical (unpaired) electrons. The van der Waals surface area contributed by atoms with E-state index in [2.05, 4.69) is 5.32 Å². The first-order valence-corrected chi connectivity index (χ1v) is 7.05. The Morgan fingerprint density at radius 3 is 3.05 bits per heavy atom. The highest BCUT2D eigenvalue weighted by molar-refractivity contribution is 5.73. The summed E-state index contributed by atoms with van der Waals surface area (Å²) in [6.45, 7) is 2.99. The minimum Gasteiger partial charge on any atom is -0.389 e. The maximum absolute atomic E-state index is 10.5. The fraction of sp³-hybridized carbons (Fsp3) is 0.923. The van der Waals surface area contributed by atoms with Crippen LogP contribution in [0.2, 0.25) is 0 Å². The molecule has 4 N–H and O–H groups in total. The quantitative estimate of drug-likeness (QED) is 0.453. The van der Waals surface area contributed by atoms with E-state index < -0.39 is 6.10 Å². The van der Waals surface area contributed by atoms with Crippen molar-refractivity contribution >= 4 is 5.91 Å². The van der Waals surface area contributed by atoms with Gasteiger partial charge in [-0.2, -0.15) is 0 Å². The van der Waals surface area contributed by atoms with Crippen molar-refractivity contribution in [1.29, 1.82) is 0 Å². The number of ether oxygens (including phenoxy) is 2. The molecule has 1 aliphatic rings. The summed E-state index contributed by atoms with van der Waals surface area (Å²) < 4.78 is 10.8. The maximum Gasteiger partial charge on any atom is 0.217 e. The number of hydrogen-bond donors (Lipinski definition) is 3. The van der Waals surface area contributed by atoms with Crippen LogP contribution in [0, 0.1) is 0 Å². The molecule has 112 valence electrons. The van der Waals surface area contributed by atoms with Crippen LogP contribution in [-0.2, 0) is 14.3 Å². The molecular weight excluding hydrogens is 248 g/mol. The molecule has 0 aromatic carbocycles. The first-order valence-electron chi connectivity index (χ1n) is 7.05. The van der Waals surface area contributed by atoms with E-state index in [1.54, 1.807) is 0 Å². The van der Waals surface area contributed by atoms with E-state index in [1.807, 2.05) is 0 Å². The molecule has 2 atom stereocenters. The van der Waals surface area contributed by atoms with Crippen molar-refractivity contribution in [1.82, 2.24) is 5.32 Å². The maximum atomic E-state index is 10.5. The van der Waals surface area contributed by atoms with Crippen molar-refractivity contribution in [3.8, 4) is 0 Å². The predicted molar refractivity (Wildman–Crippen MR) is 71.7 cm³/mol. The monoisotopic (exact) mass is 274 g/mol. The summed E-state index contributed by atoms with van der Waals surface area (Å²) in [4.78, 5) is 10.5. The zero-order valence-electron chi connectivity index (χ0n) is 11.5. The Balaban J connectivity index is 1.84. The third kappa shape index (κ3) is 8.93. The molecule has 1 heterocycles. The van der Waals surface area contributed by atoms with E-state index in [4.69, 9.17) is 15.2 Å². The molecule has 1 saturated heterocycles. The average Bonchev–Trinajstić information content (AvgIpc) is 2.86. The van der Waals surface area contributed by atoms with Gasteiger partial charge in [0.05, 0.1) is 25.4 Å². The van der Waals surface area contributed by atoms with Crippen molar-refractivity contribution in [2.24, 2.45) is 5.73 Å². The van der Waals surface area contributed by atoms with Gasteiger partial charge in [0.25, 0.3) is 0 Å². The lowest BCUT2D eigenvalue weighted by Gasteiger charge is -2.14. The average molecular weight is 274 g/mol. The number of amides is 1. The van der Waals surface area contributed by atoms with Gasteiger partial charge in [0.15, 0.2) is 0 Å². The highest BCUT2D eigenvalue weighted by atomic mass is 16.5. The lowest BCUT2D eigenvalue weighted by Crippen LogP contribution is -2.32. The number of rotatable bonds is 11. The van der Waals surface area contributed by atoms with Gasteiger partial charge in [-0.05, 0) is 32.2 Å². The number of carbonyl (C=O) groups is 1. The van der Waals surface area contributed by atoms with Crippen molar-refractivity contribution < 1.29 is 19.4 Å². The van der Waals surface area contributed by atoms with Gasteiger partial charge in [-0.25, -0.2) is 0 Å². The molecule has 0 spiro atoms. The van der Waals surface area contributed by atoms with Crippen molar-refractivity contribution in [2.45, 2.75) is 44.3 Å². The molecule has 19 heavy (non-hydrogen) atoms. The summed E-state index contributed by atoms with van der Waals surface area (Å²) in [5, 5.41) is 12.8. The van der Waals surface area contributed by atoms with Crippen LogP contribution in [0.25, 0.3) is 0 Å². The van der Waals surface area contributed by atoms with E-state index in [0.29, 0.717) is 26.2 Å². The molecule has 0 bridgehead atoms. The second kappa shape index (κ2) is 10.1. The van der Waals surface area contributed by atoms with Crippen LogP contribution >= 0.6 is 0 Å². The topological polar surface area (TPSA) is 93.8 Å². The van der Waals surface area contributed by atoms with E-state index in [-0.39, 0.29) is 12.0 Å². The zero-order chi connectivity index (χ0) is 13.9. The Morgan fingerprint density at radius 1 is 1.53 bits per heavy atom. The van der Waals surface area contributed by atoms with Crippen LogP contribution in [0.3, 0.4) is 0 Å². The molecule has 0 aromatic rings. The lowest BCUT2D eigenvalue weighted by atomic mass is 10.2. The fourth-order valence-corrected chi connectivity index (χ4v) is 1.99. The van der Waals surface area contributed by atoms with Crippen LogP contribution in [0.15, 0.2) is 0 Å². The second-order valence-electron chi connectivity index (χ2n) is 4.95. The number of hydrogen-bond acceptors (Lipinski definition) is 5. The van der Waals surface area contributed by atoms with Gasteiger partial charge in [0.2, 0.25) is 5.91 Å². The summed E-state index contributed by atoms with van der Waals surface area (Å²) in [5.74, 6) is -0.262. The van der Waals surface area contributed by atoms with Gasteiger partial charge in [0, 0.05) is 19.6 Å². The van der Waals surface area contributed by atoms with Crippen LogP contribution in [0.1, 0.15) is 32.1 Å². The smallest absolute Gasteiger partial charge is 0.217 e. The molecule has 1 rings (SSSR count). The van der Waals surface area contributed by atoms with Gasteiger partial charge >= 0.3 is 0 Å². The minimum absolute atomic E-state index is 0.203. The molecule has 1 amide bonds. The Morgan fingerprint density at radius 2 is 2.37 bits per heavy atom. The standard InChI is InChI=1S/C13H26N2O4/c14-13(17)5-1-2-6-15-8-11(16)9-18-10-12-4-3-7-19-12/h11-12,15-16H,1-10H2,(H2,14,17). The Hall–Kier alpha value is -0.690. The van der Waals surface area contributed by atoms with Gasteiger partial charge in [-0.1, -0.05) is 0 Å². The first-order chi connectivity index (χ1) is 9.18. The lowest BCUT2D eigenvalue weighted by molar-refractivity contribution is -0.118. The summed E-state index contributed by atoms with van der Waals surface area (Å²) in [7, 11) is 0. The molecule has 1 aliphatic heterocycles. The third-order valence-electron chi connectivity index (χ3n) is 3.04. The SMILES string of the molecule is NC(=O)CCCCNCC(O)COCC1CCCO1. The normalized spacial score (nSPS) is 20.6. The van der Waals surface area contributed by atoms with E-state index in [9.17, 15) is 9.90 Å². The highest BCUT2D eigenvalue weighted by Gasteiger charge is 2.15. The number of nitrogens with two attached hydrogens (primary N) is 1. The number of aliphatic hydroxyl groups is 1. The van der Waals surface area contributed by atoms with Gasteiger partial charge in [-0.15, -0.1) is 0 Å². The van der Waals surface area contributed by atoms with Crippen molar-refractivity contribution in [2.75, 3.05) is 32.9 Å². The van der Waals surface area contributed by atoms with Crippen molar-refractivity contribution in [3.63, 3.8) is 0 Å². The Labute approximate surface area is 114 Å². The molecule has 6 heteroatoms. The summed E-state index contributed by atoms with van der Waals surface area (Å²) in [6, 6.07) is 0.